The highest BCUT2D eigenvalue weighted by Gasteiger charge is 2.34. The van der Waals surface area contributed by atoms with E-state index in [1.165, 1.54) is 18.2 Å². The number of β-amino-alcohol motifs (C(OH)–C–C–N with tert-alkyl or cyclic N) is 1. The number of carboxylic acids is 1. The van der Waals surface area contributed by atoms with E-state index < -0.39 is 16.5 Å². The fraction of sp³-hybridized carbons (Fsp3) is 0.417. The van der Waals surface area contributed by atoms with E-state index in [1.807, 2.05) is 0 Å². The molecule has 1 heterocycles. The second-order valence-electron chi connectivity index (χ2n) is 4.93. The van der Waals surface area contributed by atoms with Gasteiger partial charge in [0.2, 0.25) is 0 Å². The van der Waals surface area contributed by atoms with E-state index in [1.54, 1.807) is 11.8 Å². The van der Waals surface area contributed by atoms with Gasteiger partial charge in [-0.2, -0.15) is 0 Å². The molecule has 0 aliphatic carbocycles. The van der Waals surface area contributed by atoms with Crippen LogP contribution in [-0.2, 0) is 0 Å². The van der Waals surface area contributed by atoms with Gasteiger partial charge in [0.15, 0.2) is 0 Å². The Morgan fingerprint density at radius 2 is 2.21 bits per heavy atom. The van der Waals surface area contributed by atoms with Crippen molar-refractivity contribution >= 4 is 17.3 Å². The Morgan fingerprint density at radius 3 is 2.68 bits per heavy atom. The molecule has 1 aromatic carbocycles. The molecule has 1 fully saturated rings. The molecule has 0 saturated carbocycles. The smallest absolute Gasteiger partial charge is 0.335 e. The van der Waals surface area contributed by atoms with Crippen LogP contribution in [-0.4, -0.2) is 39.8 Å². The van der Waals surface area contributed by atoms with E-state index in [2.05, 4.69) is 0 Å². The number of aromatic carboxylic acids is 1. The summed E-state index contributed by atoms with van der Waals surface area (Å²) in [5.41, 5.74) is -0.829. The van der Waals surface area contributed by atoms with Gasteiger partial charge in [-0.15, -0.1) is 0 Å². The average Bonchev–Trinajstić information content (AvgIpc) is 2.68. The third-order valence-electron chi connectivity index (χ3n) is 3.21. The number of carboxylic acid groups (broad SMARTS) is 1. The molecule has 0 aromatic heterocycles. The molecule has 19 heavy (non-hydrogen) atoms. The molecule has 1 atom stereocenters. The minimum Gasteiger partial charge on any atom is -0.478 e. The number of nitro groups is 1. The lowest BCUT2D eigenvalue weighted by Crippen LogP contribution is -2.30. The Labute approximate surface area is 109 Å². The minimum atomic E-state index is -1.14. The molecule has 102 valence electrons. The van der Waals surface area contributed by atoms with Gasteiger partial charge in [0, 0.05) is 19.2 Å². The predicted octanol–water partition coefficient (Wildman–Crippen LogP) is 1.25. The van der Waals surface area contributed by atoms with Crippen molar-refractivity contribution in [1.82, 2.24) is 0 Å². The van der Waals surface area contributed by atoms with Crippen molar-refractivity contribution in [3.05, 3.63) is 33.9 Å². The number of nitrogens with zero attached hydrogens (tertiary/aromatic N) is 2. The first-order chi connectivity index (χ1) is 8.80. The number of aliphatic hydroxyl groups is 1. The van der Waals surface area contributed by atoms with Gasteiger partial charge < -0.3 is 15.1 Å². The number of rotatable bonds is 3. The number of nitro benzene ring substituents is 1. The summed E-state index contributed by atoms with van der Waals surface area (Å²) in [4.78, 5) is 23.0. The van der Waals surface area contributed by atoms with Crippen LogP contribution in [0, 0.1) is 10.1 Å². The molecule has 0 radical (unpaired) electrons. The summed E-state index contributed by atoms with van der Waals surface area (Å²) in [6, 6.07) is 3.67. The number of carbonyl (C=O) groups is 1. The van der Waals surface area contributed by atoms with E-state index in [4.69, 9.17) is 5.11 Å². The lowest BCUT2D eigenvalue weighted by molar-refractivity contribution is -0.384. The standard InChI is InChI=1S/C12H14N2O5/c1-12(17)4-5-13(7-12)10-6-8(11(15)16)2-3-9(10)14(18)19/h2-3,6,17H,4-5,7H2,1H3,(H,15,16). The van der Waals surface area contributed by atoms with Crippen LogP contribution >= 0.6 is 0 Å². The van der Waals surface area contributed by atoms with Gasteiger partial charge in [0.05, 0.1) is 16.1 Å². The molecule has 1 unspecified atom stereocenters. The van der Waals surface area contributed by atoms with Gasteiger partial charge in [0.1, 0.15) is 5.69 Å². The molecule has 1 saturated heterocycles. The maximum Gasteiger partial charge on any atom is 0.335 e. The van der Waals surface area contributed by atoms with Crippen LogP contribution < -0.4 is 4.90 Å². The van der Waals surface area contributed by atoms with Gasteiger partial charge in [-0.25, -0.2) is 4.79 Å². The number of anilines is 1. The zero-order chi connectivity index (χ0) is 14.2. The molecule has 2 N–H and O–H groups in total. The first-order valence-corrected chi connectivity index (χ1v) is 5.79. The van der Waals surface area contributed by atoms with Gasteiger partial charge in [-0.05, 0) is 25.5 Å². The van der Waals surface area contributed by atoms with Crippen molar-refractivity contribution < 1.29 is 19.9 Å². The average molecular weight is 266 g/mol. The van der Waals surface area contributed by atoms with E-state index in [-0.39, 0.29) is 23.5 Å². The lowest BCUT2D eigenvalue weighted by atomic mass is 10.1. The van der Waals surface area contributed by atoms with Crippen molar-refractivity contribution in [3.63, 3.8) is 0 Å². The quantitative estimate of drug-likeness (QED) is 0.630. The Morgan fingerprint density at radius 1 is 1.53 bits per heavy atom. The highest BCUT2D eigenvalue weighted by atomic mass is 16.6. The van der Waals surface area contributed by atoms with Gasteiger partial charge in [-0.3, -0.25) is 10.1 Å². The third kappa shape index (κ3) is 2.65. The van der Waals surface area contributed by atoms with E-state index in [0.717, 1.165) is 0 Å². The van der Waals surface area contributed by atoms with Gasteiger partial charge in [0.25, 0.3) is 5.69 Å². The Hall–Kier alpha value is -2.15. The van der Waals surface area contributed by atoms with Crippen molar-refractivity contribution in [2.45, 2.75) is 18.9 Å². The fourth-order valence-electron chi connectivity index (χ4n) is 2.21. The van der Waals surface area contributed by atoms with Crippen LogP contribution in [0.25, 0.3) is 0 Å². The summed E-state index contributed by atoms with van der Waals surface area (Å²) >= 11 is 0. The van der Waals surface area contributed by atoms with Crippen molar-refractivity contribution in [3.8, 4) is 0 Å². The second-order valence-corrected chi connectivity index (χ2v) is 4.93. The largest absolute Gasteiger partial charge is 0.478 e. The summed E-state index contributed by atoms with van der Waals surface area (Å²) in [6.45, 7) is 2.35. The van der Waals surface area contributed by atoms with Crippen LogP contribution in [0.2, 0.25) is 0 Å². The Kier molecular flexibility index (Phi) is 3.15. The molecule has 0 spiro atoms. The van der Waals surface area contributed by atoms with Crippen LogP contribution in [0.5, 0.6) is 0 Å². The predicted molar refractivity (Wildman–Crippen MR) is 67.5 cm³/mol. The first-order valence-electron chi connectivity index (χ1n) is 5.79. The van der Waals surface area contributed by atoms with Crippen molar-refractivity contribution in [2.24, 2.45) is 0 Å². The molecule has 1 aliphatic heterocycles. The van der Waals surface area contributed by atoms with Crippen molar-refractivity contribution in [1.29, 1.82) is 0 Å². The van der Waals surface area contributed by atoms with Crippen molar-refractivity contribution in [2.75, 3.05) is 18.0 Å². The second kappa shape index (κ2) is 4.51. The summed E-state index contributed by atoms with van der Waals surface area (Å²) in [6.07, 6.45) is 0.488. The summed E-state index contributed by atoms with van der Waals surface area (Å²) in [7, 11) is 0. The first kappa shape index (κ1) is 13.3. The molecule has 2 rings (SSSR count). The molecule has 7 nitrogen and oxygen atoms in total. The normalized spacial score (nSPS) is 22.5. The molecular weight excluding hydrogens is 252 g/mol. The van der Waals surface area contributed by atoms with Gasteiger partial charge >= 0.3 is 5.97 Å². The monoisotopic (exact) mass is 266 g/mol. The zero-order valence-electron chi connectivity index (χ0n) is 10.4. The van der Waals surface area contributed by atoms with Gasteiger partial charge in [-0.1, -0.05) is 0 Å². The van der Waals surface area contributed by atoms with Crippen LogP contribution in [0.4, 0.5) is 11.4 Å². The molecule has 0 amide bonds. The van der Waals surface area contributed by atoms with Crippen LogP contribution in [0.3, 0.4) is 0 Å². The minimum absolute atomic E-state index is 0.00728. The van der Waals surface area contributed by atoms with Crippen LogP contribution in [0.15, 0.2) is 18.2 Å². The van der Waals surface area contributed by atoms with Crippen LogP contribution in [0.1, 0.15) is 23.7 Å². The fourth-order valence-corrected chi connectivity index (χ4v) is 2.21. The molecule has 1 aliphatic rings. The number of hydrogen-bond acceptors (Lipinski definition) is 5. The lowest BCUT2D eigenvalue weighted by Gasteiger charge is -2.20. The topological polar surface area (TPSA) is 104 Å². The maximum absolute atomic E-state index is 11.0. The highest BCUT2D eigenvalue weighted by molar-refractivity contribution is 5.90. The molecular formula is C12H14N2O5. The van der Waals surface area contributed by atoms with E-state index >= 15 is 0 Å². The summed E-state index contributed by atoms with van der Waals surface area (Å²) in [5.74, 6) is -1.14. The van der Waals surface area contributed by atoms with E-state index in [0.29, 0.717) is 13.0 Å². The Bertz CT molecular complexity index is 541. The maximum atomic E-state index is 11.0. The number of benzene rings is 1. The zero-order valence-corrected chi connectivity index (χ0v) is 10.4. The highest BCUT2D eigenvalue weighted by Crippen LogP contribution is 2.34. The molecule has 7 heteroatoms. The Balaban J connectivity index is 2.44. The van der Waals surface area contributed by atoms with E-state index in [9.17, 15) is 20.0 Å². The SMILES string of the molecule is CC1(O)CCN(c2cc(C(=O)O)ccc2[N+](=O)[O-])C1. The molecule has 1 aromatic rings. The number of hydrogen-bond donors (Lipinski definition) is 2. The molecule has 0 bridgehead atoms. The third-order valence-corrected chi connectivity index (χ3v) is 3.21. The summed E-state index contributed by atoms with van der Waals surface area (Å²) in [5, 5.41) is 29.8. The summed E-state index contributed by atoms with van der Waals surface area (Å²) < 4.78 is 0.